The van der Waals surface area contributed by atoms with Gasteiger partial charge in [-0.05, 0) is 25.2 Å². The summed E-state index contributed by atoms with van der Waals surface area (Å²) >= 11 is 3.52. The van der Waals surface area contributed by atoms with E-state index >= 15 is 0 Å². The highest BCUT2D eigenvalue weighted by molar-refractivity contribution is 9.09. The van der Waals surface area contributed by atoms with Gasteiger partial charge in [0.2, 0.25) is 0 Å². The third kappa shape index (κ3) is 3.41. The fraction of sp³-hybridized carbons (Fsp3) is 0.692. The van der Waals surface area contributed by atoms with Crippen LogP contribution in [0.2, 0.25) is 0 Å². The van der Waals surface area contributed by atoms with Gasteiger partial charge in [0.25, 0.3) is 0 Å². The molecule has 0 aliphatic carbocycles. The molecule has 0 radical (unpaired) electrons. The van der Waals surface area contributed by atoms with E-state index in [4.69, 9.17) is 0 Å². The van der Waals surface area contributed by atoms with Gasteiger partial charge in [0.1, 0.15) is 12.1 Å². The number of anilines is 1. The molecule has 0 spiro atoms. The molecule has 0 N–H and O–H groups in total. The Hall–Kier alpha value is -0.640. The van der Waals surface area contributed by atoms with Crippen molar-refractivity contribution in [3.63, 3.8) is 0 Å². The lowest BCUT2D eigenvalue weighted by Gasteiger charge is -2.17. The lowest BCUT2D eigenvalue weighted by atomic mass is 10.1. The summed E-state index contributed by atoms with van der Waals surface area (Å²) in [5.74, 6) is 1.93. The summed E-state index contributed by atoms with van der Waals surface area (Å²) in [6, 6.07) is 2.15. The predicted molar refractivity (Wildman–Crippen MR) is 74.8 cm³/mol. The number of rotatable bonds is 5. The molecule has 1 unspecified atom stereocenters. The van der Waals surface area contributed by atoms with Crippen LogP contribution in [-0.4, -0.2) is 28.4 Å². The van der Waals surface area contributed by atoms with Crippen LogP contribution in [0.4, 0.5) is 5.82 Å². The molecule has 1 aromatic heterocycles. The molecule has 0 bridgehead atoms. The Kier molecular flexibility index (Phi) is 4.77. The number of alkyl halides is 1. The number of nitrogens with zero attached hydrogens (tertiary/aromatic N) is 3. The van der Waals surface area contributed by atoms with Crippen molar-refractivity contribution in [1.82, 2.24) is 9.97 Å². The zero-order chi connectivity index (χ0) is 12.1. The third-order valence-electron chi connectivity index (χ3n) is 3.34. The molecule has 2 heterocycles. The van der Waals surface area contributed by atoms with Gasteiger partial charge in [0.05, 0.1) is 0 Å². The first-order valence-corrected chi connectivity index (χ1v) is 7.57. The first-order valence-electron chi connectivity index (χ1n) is 6.45. The monoisotopic (exact) mass is 297 g/mol. The molecule has 1 aliphatic rings. The molecule has 0 amide bonds. The second kappa shape index (κ2) is 6.34. The maximum Gasteiger partial charge on any atom is 0.132 e. The maximum atomic E-state index is 4.40. The van der Waals surface area contributed by atoms with Crippen molar-refractivity contribution in [1.29, 1.82) is 0 Å². The van der Waals surface area contributed by atoms with Crippen molar-refractivity contribution in [2.75, 3.05) is 23.3 Å². The van der Waals surface area contributed by atoms with E-state index in [1.165, 1.54) is 18.5 Å². The summed E-state index contributed by atoms with van der Waals surface area (Å²) in [6.07, 6.45) is 6.46. The Morgan fingerprint density at radius 1 is 1.47 bits per heavy atom. The normalized spacial score (nSPS) is 19.9. The van der Waals surface area contributed by atoms with Gasteiger partial charge < -0.3 is 4.90 Å². The Bertz CT molecular complexity index is 356. The van der Waals surface area contributed by atoms with Gasteiger partial charge in [-0.15, -0.1) is 0 Å². The Labute approximate surface area is 112 Å². The van der Waals surface area contributed by atoms with E-state index in [2.05, 4.69) is 43.8 Å². The highest BCUT2D eigenvalue weighted by Gasteiger charge is 2.22. The van der Waals surface area contributed by atoms with E-state index in [1.54, 1.807) is 6.33 Å². The predicted octanol–water partition coefficient (Wildman–Crippen LogP) is 3.04. The van der Waals surface area contributed by atoms with Gasteiger partial charge >= 0.3 is 0 Å². The minimum absolute atomic E-state index is 0.818. The molecular weight excluding hydrogens is 278 g/mol. The van der Waals surface area contributed by atoms with Crippen molar-refractivity contribution < 1.29 is 0 Å². The Balaban J connectivity index is 2.00. The standard InChI is InChI=1S/C13H20BrN3/c1-2-3-12-8-13(16-10-15-12)17-7-5-11(9-17)4-6-14/h8,10-11H,2-7,9H2,1H3. The first-order chi connectivity index (χ1) is 8.33. The summed E-state index contributed by atoms with van der Waals surface area (Å²) in [7, 11) is 0. The van der Waals surface area contributed by atoms with E-state index in [0.717, 1.165) is 43.0 Å². The van der Waals surface area contributed by atoms with Gasteiger partial charge in [-0.2, -0.15) is 0 Å². The SMILES string of the molecule is CCCc1cc(N2CCC(CCBr)C2)ncn1. The van der Waals surface area contributed by atoms with Crippen molar-refractivity contribution >= 4 is 21.7 Å². The van der Waals surface area contributed by atoms with Crippen LogP contribution in [-0.2, 0) is 6.42 Å². The molecule has 1 aromatic rings. The zero-order valence-corrected chi connectivity index (χ0v) is 12.0. The minimum atomic E-state index is 0.818. The largest absolute Gasteiger partial charge is 0.356 e. The number of aromatic nitrogens is 2. The number of hydrogen-bond donors (Lipinski definition) is 0. The van der Waals surface area contributed by atoms with Crippen LogP contribution < -0.4 is 4.90 Å². The van der Waals surface area contributed by atoms with Gasteiger partial charge in [0, 0.05) is 30.2 Å². The Morgan fingerprint density at radius 2 is 2.35 bits per heavy atom. The first kappa shape index (κ1) is 12.8. The van der Waals surface area contributed by atoms with Crippen molar-refractivity contribution in [3.8, 4) is 0 Å². The van der Waals surface area contributed by atoms with Crippen molar-refractivity contribution in [3.05, 3.63) is 18.1 Å². The smallest absolute Gasteiger partial charge is 0.132 e. The molecular formula is C13H20BrN3. The van der Waals surface area contributed by atoms with E-state index in [1.807, 2.05) is 0 Å². The van der Waals surface area contributed by atoms with Gasteiger partial charge in [0.15, 0.2) is 0 Å². The quantitative estimate of drug-likeness (QED) is 0.782. The maximum absolute atomic E-state index is 4.40. The number of aryl methyl sites for hydroxylation is 1. The van der Waals surface area contributed by atoms with Crippen LogP contribution in [0.5, 0.6) is 0 Å². The molecule has 4 heteroatoms. The van der Waals surface area contributed by atoms with E-state index < -0.39 is 0 Å². The molecule has 94 valence electrons. The van der Waals surface area contributed by atoms with Crippen LogP contribution in [0.3, 0.4) is 0 Å². The molecule has 1 atom stereocenters. The van der Waals surface area contributed by atoms with Crippen molar-refractivity contribution in [2.24, 2.45) is 5.92 Å². The second-order valence-corrected chi connectivity index (χ2v) is 5.49. The molecule has 1 aliphatic heterocycles. The molecule has 0 saturated carbocycles. The lowest BCUT2D eigenvalue weighted by molar-refractivity contribution is 0.575. The molecule has 1 saturated heterocycles. The fourth-order valence-corrected chi connectivity index (χ4v) is 3.03. The number of hydrogen-bond acceptors (Lipinski definition) is 3. The van der Waals surface area contributed by atoms with Gasteiger partial charge in [-0.3, -0.25) is 0 Å². The summed E-state index contributed by atoms with van der Waals surface area (Å²) in [5.41, 5.74) is 1.17. The highest BCUT2D eigenvalue weighted by Crippen LogP contribution is 2.24. The number of halogens is 1. The van der Waals surface area contributed by atoms with Crippen LogP contribution in [0.25, 0.3) is 0 Å². The lowest BCUT2D eigenvalue weighted by Crippen LogP contribution is -2.21. The minimum Gasteiger partial charge on any atom is -0.356 e. The molecule has 1 fully saturated rings. The third-order valence-corrected chi connectivity index (χ3v) is 3.80. The second-order valence-electron chi connectivity index (χ2n) is 4.70. The summed E-state index contributed by atoms with van der Waals surface area (Å²) in [4.78, 5) is 11.1. The average molecular weight is 298 g/mol. The van der Waals surface area contributed by atoms with Crippen LogP contribution >= 0.6 is 15.9 Å². The summed E-state index contributed by atoms with van der Waals surface area (Å²) in [5, 5.41) is 1.11. The van der Waals surface area contributed by atoms with E-state index in [0.29, 0.717) is 0 Å². The highest BCUT2D eigenvalue weighted by atomic mass is 79.9. The molecule has 17 heavy (non-hydrogen) atoms. The topological polar surface area (TPSA) is 29.0 Å². The van der Waals surface area contributed by atoms with Crippen LogP contribution in [0.1, 0.15) is 31.9 Å². The fourth-order valence-electron chi connectivity index (χ4n) is 2.38. The molecule has 0 aromatic carbocycles. The summed E-state index contributed by atoms with van der Waals surface area (Å²) in [6.45, 7) is 4.47. The van der Waals surface area contributed by atoms with E-state index in [-0.39, 0.29) is 0 Å². The van der Waals surface area contributed by atoms with Crippen LogP contribution in [0.15, 0.2) is 12.4 Å². The van der Waals surface area contributed by atoms with E-state index in [9.17, 15) is 0 Å². The van der Waals surface area contributed by atoms with Gasteiger partial charge in [-0.1, -0.05) is 29.3 Å². The Morgan fingerprint density at radius 3 is 3.12 bits per heavy atom. The average Bonchev–Trinajstić information content (AvgIpc) is 2.79. The van der Waals surface area contributed by atoms with Crippen molar-refractivity contribution in [2.45, 2.75) is 32.6 Å². The summed E-state index contributed by atoms with van der Waals surface area (Å²) < 4.78 is 0. The molecule has 2 rings (SSSR count). The zero-order valence-electron chi connectivity index (χ0n) is 10.4. The van der Waals surface area contributed by atoms with Crippen LogP contribution in [0, 0.1) is 5.92 Å². The van der Waals surface area contributed by atoms with Gasteiger partial charge in [-0.25, -0.2) is 9.97 Å². The molecule has 3 nitrogen and oxygen atoms in total.